The molecule has 1 aromatic heterocycles. The van der Waals surface area contributed by atoms with Crippen LogP contribution in [0.15, 0.2) is 12.4 Å². The van der Waals surface area contributed by atoms with Crippen molar-refractivity contribution in [2.24, 2.45) is 0 Å². The van der Waals surface area contributed by atoms with Gasteiger partial charge >= 0.3 is 5.95 Å². The largest absolute Gasteiger partial charge is 0.435 e. The summed E-state index contributed by atoms with van der Waals surface area (Å²) >= 11 is 0.118. The first-order valence-electron chi connectivity index (χ1n) is 4.31. The van der Waals surface area contributed by atoms with E-state index < -0.39 is 16.8 Å². The standard InChI is InChI=1S/C7H9FN4O3S/c8-16-4-2-9-6(13)5-11-3-1-10-7(11)12(14)15/h1,3H,2,4-5H2,(H,9,13). The third-order valence-electron chi connectivity index (χ3n) is 1.67. The van der Waals surface area contributed by atoms with Gasteiger partial charge in [-0.2, -0.15) is 3.89 Å². The van der Waals surface area contributed by atoms with E-state index in [1.807, 2.05) is 0 Å². The molecule has 0 aliphatic carbocycles. The second kappa shape index (κ2) is 6.05. The number of hydrogen-bond donors (Lipinski definition) is 1. The number of hydrogen-bond acceptors (Lipinski definition) is 5. The molecule has 9 heteroatoms. The first-order valence-corrected chi connectivity index (χ1v) is 5.19. The third kappa shape index (κ3) is 3.50. The van der Waals surface area contributed by atoms with Gasteiger partial charge in [-0.15, -0.1) is 0 Å². The van der Waals surface area contributed by atoms with Crippen LogP contribution in [-0.2, 0) is 11.3 Å². The highest BCUT2D eigenvalue weighted by Gasteiger charge is 2.16. The van der Waals surface area contributed by atoms with E-state index in [1.54, 1.807) is 0 Å². The molecule has 1 rings (SSSR count). The van der Waals surface area contributed by atoms with Gasteiger partial charge in [0.15, 0.2) is 6.54 Å². The molecule has 0 atom stereocenters. The van der Waals surface area contributed by atoms with Crippen molar-refractivity contribution in [2.75, 3.05) is 12.3 Å². The van der Waals surface area contributed by atoms with Gasteiger partial charge in [-0.25, -0.2) is 4.57 Å². The van der Waals surface area contributed by atoms with E-state index in [0.29, 0.717) is 0 Å². The van der Waals surface area contributed by atoms with Crippen LogP contribution in [-0.4, -0.2) is 32.7 Å². The first-order chi connectivity index (χ1) is 7.65. The Morgan fingerprint density at radius 2 is 2.50 bits per heavy atom. The Bertz CT molecular complexity index is 383. The number of nitrogens with one attached hydrogen (secondary N) is 1. The summed E-state index contributed by atoms with van der Waals surface area (Å²) in [6, 6.07) is 0. The minimum Gasteiger partial charge on any atom is -0.390 e. The monoisotopic (exact) mass is 248 g/mol. The van der Waals surface area contributed by atoms with Crippen LogP contribution in [0.5, 0.6) is 0 Å². The lowest BCUT2D eigenvalue weighted by molar-refractivity contribution is -0.396. The van der Waals surface area contributed by atoms with Crippen LogP contribution in [0, 0.1) is 10.1 Å². The molecule has 0 spiro atoms. The highest BCUT2D eigenvalue weighted by atomic mass is 32.2. The maximum Gasteiger partial charge on any atom is 0.435 e. The fraction of sp³-hybridized carbons (Fsp3) is 0.429. The molecule has 88 valence electrons. The maximum atomic E-state index is 11.7. The van der Waals surface area contributed by atoms with Crippen LogP contribution in [0.25, 0.3) is 0 Å². The van der Waals surface area contributed by atoms with E-state index in [-0.39, 0.29) is 31.0 Å². The molecule has 1 amide bonds. The van der Waals surface area contributed by atoms with E-state index in [0.717, 1.165) is 4.57 Å². The van der Waals surface area contributed by atoms with Gasteiger partial charge in [0.1, 0.15) is 12.4 Å². The highest BCUT2D eigenvalue weighted by Crippen LogP contribution is 2.06. The maximum absolute atomic E-state index is 11.7. The van der Waals surface area contributed by atoms with Crippen molar-refractivity contribution >= 4 is 24.0 Å². The zero-order valence-electron chi connectivity index (χ0n) is 8.13. The van der Waals surface area contributed by atoms with Gasteiger partial charge in [0, 0.05) is 24.4 Å². The molecule has 0 aliphatic heterocycles. The van der Waals surface area contributed by atoms with Crippen molar-refractivity contribution in [1.29, 1.82) is 0 Å². The Hall–Kier alpha value is -1.64. The molecular formula is C7H9FN4O3S. The number of amides is 1. The van der Waals surface area contributed by atoms with Crippen molar-refractivity contribution in [3.63, 3.8) is 0 Å². The summed E-state index contributed by atoms with van der Waals surface area (Å²) in [6.45, 7) is -0.0181. The molecule has 0 bridgehead atoms. The summed E-state index contributed by atoms with van der Waals surface area (Å²) < 4.78 is 12.8. The Labute approximate surface area is 94.5 Å². The van der Waals surface area contributed by atoms with Gasteiger partial charge in [-0.05, 0) is 4.92 Å². The summed E-state index contributed by atoms with van der Waals surface area (Å²) in [5.74, 6) is -0.664. The van der Waals surface area contributed by atoms with Crippen molar-refractivity contribution in [1.82, 2.24) is 14.9 Å². The summed E-state index contributed by atoms with van der Waals surface area (Å²) in [6.07, 6.45) is 2.57. The van der Waals surface area contributed by atoms with E-state index in [1.165, 1.54) is 12.4 Å². The minimum absolute atomic E-state index is 0.118. The Morgan fingerprint density at radius 3 is 3.12 bits per heavy atom. The fourth-order valence-corrected chi connectivity index (χ4v) is 1.22. The van der Waals surface area contributed by atoms with Crippen molar-refractivity contribution < 1.29 is 13.6 Å². The lowest BCUT2D eigenvalue weighted by atomic mass is 10.5. The van der Waals surface area contributed by atoms with E-state index in [4.69, 9.17) is 0 Å². The molecule has 1 aromatic rings. The Kier molecular flexibility index (Phi) is 4.70. The lowest BCUT2D eigenvalue weighted by Gasteiger charge is -2.02. The third-order valence-corrected chi connectivity index (χ3v) is 2.03. The molecular weight excluding hydrogens is 239 g/mol. The van der Waals surface area contributed by atoms with Crippen LogP contribution in [0.1, 0.15) is 0 Å². The SMILES string of the molecule is O=C(Cn1ccnc1[N+](=O)[O-])NCCSF. The summed E-state index contributed by atoms with van der Waals surface area (Å²) in [7, 11) is 0. The van der Waals surface area contributed by atoms with E-state index in [9.17, 15) is 18.8 Å². The van der Waals surface area contributed by atoms with Gasteiger partial charge in [-0.3, -0.25) is 4.79 Å². The number of carbonyl (C=O) groups excluding carboxylic acids is 1. The average molecular weight is 248 g/mol. The number of carbonyl (C=O) groups is 1. The van der Waals surface area contributed by atoms with Crippen LogP contribution in [0.3, 0.4) is 0 Å². The predicted octanol–water partition coefficient (Wildman–Crippen LogP) is 0.525. The number of halogens is 1. The highest BCUT2D eigenvalue weighted by molar-refractivity contribution is 7.94. The summed E-state index contributed by atoms with van der Waals surface area (Å²) in [5.41, 5.74) is 0. The molecule has 0 saturated heterocycles. The molecule has 0 aromatic carbocycles. The van der Waals surface area contributed by atoms with Crippen LogP contribution in [0.2, 0.25) is 0 Å². The molecule has 0 fully saturated rings. The van der Waals surface area contributed by atoms with Crippen LogP contribution in [0.4, 0.5) is 9.83 Å². The van der Waals surface area contributed by atoms with Gasteiger partial charge in [0.2, 0.25) is 0 Å². The lowest BCUT2D eigenvalue weighted by Crippen LogP contribution is -2.29. The van der Waals surface area contributed by atoms with Gasteiger partial charge in [0.05, 0.1) is 0 Å². The molecule has 16 heavy (non-hydrogen) atoms. The van der Waals surface area contributed by atoms with Gasteiger partial charge in [-0.1, -0.05) is 4.98 Å². The molecule has 1 N–H and O–H groups in total. The number of nitro groups is 1. The molecule has 7 nitrogen and oxygen atoms in total. The molecule has 0 aliphatic rings. The second-order valence-corrected chi connectivity index (χ2v) is 3.40. The van der Waals surface area contributed by atoms with E-state index in [2.05, 4.69) is 10.3 Å². The number of aromatic nitrogens is 2. The van der Waals surface area contributed by atoms with Crippen LogP contribution < -0.4 is 5.32 Å². The Balaban J connectivity index is 2.49. The van der Waals surface area contributed by atoms with Crippen molar-refractivity contribution in [3.05, 3.63) is 22.5 Å². The van der Waals surface area contributed by atoms with Crippen molar-refractivity contribution in [3.8, 4) is 0 Å². The smallest absolute Gasteiger partial charge is 0.390 e. The molecule has 1 heterocycles. The quantitative estimate of drug-likeness (QED) is 0.450. The number of nitrogens with zero attached hydrogens (tertiary/aromatic N) is 3. The second-order valence-electron chi connectivity index (χ2n) is 2.78. The summed E-state index contributed by atoms with van der Waals surface area (Å²) in [5, 5.41) is 12.9. The Morgan fingerprint density at radius 1 is 1.75 bits per heavy atom. The molecule has 0 radical (unpaired) electrons. The number of imidazole rings is 1. The van der Waals surface area contributed by atoms with Crippen molar-refractivity contribution in [2.45, 2.75) is 6.54 Å². The summed E-state index contributed by atoms with van der Waals surface area (Å²) in [4.78, 5) is 24.5. The molecule has 0 unspecified atom stereocenters. The first kappa shape index (κ1) is 12.4. The zero-order valence-corrected chi connectivity index (χ0v) is 8.95. The predicted molar refractivity (Wildman–Crippen MR) is 55.5 cm³/mol. The topological polar surface area (TPSA) is 90.1 Å². The minimum atomic E-state index is -0.676. The zero-order chi connectivity index (χ0) is 12.0. The number of rotatable bonds is 6. The van der Waals surface area contributed by atoms with Gasteiger partial charge < -0.3 is 15.4 Å². The van der Waals surface area contributed by atoms with E-state index >= 15 is 0 Å². The van der Waals surface area contributed by atoms with Gasteiger partial charge in [0.25, 0.3) is 5.91 Å². The van der Waals surface area contributed by atoms with Crippen LogP contribution >= 0.6 is 12.1 Å². The molecule has 0 saturated carbocycles. The average Bonchev–Trinajstić information content (AvgIpc) is 2.66. The normalized spacial score (nSPS) is 10.1. The fourth-order valence-electron chi connectivity index (χ4n) is 1.04.